The van der Waals surface area contributed by atoms with Crippen molar-refractivity contribution >= 4 is 34.4 Å². The van der Waals surface area contributed by atoms with Crippen molar-refractivity contribution in [2.45, 2.75) is 72.3 Å². The SMILES string of the molecule is CCCCN(CCCC)C(=O)c1ccc2nc(Nc3ccc(C(C)=O)cc3)n(CCCN3CCCC3)c2c1. The molecule has 0 aliphatic carbocycles. The number of nitrogens with zero attached hydrogens (tertiary/aromatic N) is 4. The minimum atomic E-state index is 0.0508. The van der Waals surface area contributed by atoms with Gasteiger partial charge in [0.1, 0.15) is 0 Å². The summed E-state index contributed by atoms with van der Waals surface area (Å²) in [5.74, 6) is 0.915. The quantitative estimate of drug-likeness (QED) is 0.247. The molecule has 7 nitrogen and oxygen atoms in total. The molecule has 1 aliphatic heterocycles. The third-order valence-electron chi connectivity index (χ3n) is 7.45. The van der Waals surface area contributed by atoms with E-state index < -0.39 is 0 Å². The number of hydrogen-bond donors (Lipinski definition) is 1. The van der Waals surface area contributed by atoms with Crippen molar-refractivity contribution < 1.29 is 9.59 Å². The van der Waals surface area contributed by atoms with Gasteiger partial charge >= 0.3 is 0 Å². The molecule has 0 radical (unpaired) electrons. The molecule has 0 unspecified atom stereocenters. The van der Waals surface area contributed by atoms with Crippen molar-refractivity contribution in [3.63, 3.8) is 0 Å². The van der Waals surface area contributed by atoms with E-state index in [1.54, 1.807) is 6.92 Å². The topological polar surface area (TPSA) is 70.5 Å². The fourth-order valence-electron chi connectivity index (χ4n) is 5.15. The number of imidazole rings is 1. The van der Waals surface area contributed by atoms with Crippen LogP contribution in [0.15, 0.2) is 42.5 Å². The van der Waals surface area contributed by atoms with Crippen LogP contribution in [0.25, 0.3) is 11.0 Å². The molecule has 1 amide bonds. The largest absolute Gasteiger partial charge is 0.339 e. The molecule has 4 rings (SSSR count). The lowest BCUT2D eigenvalue weighted by atomic mass is 10.1. The van der Waals surface area contributed by atoms with Gasteiger partial charge in [-0.2, -0.15) is 0 Å². The fraction of sp³-hybridized carbons (Fsp3) is 0.516. The minimum Gasteiger partial charge on any atom is -0.339 e. The highest BCUT2D eigenvalue weighted by molar-refractivity contribution is 5.98. The Morgan fingerprint density at radius 2 is 1.55 bits per heavy atom. The second-order valence-corrected chi connectivity index (χ2v) is 10.5. The zero-order valence-electron chi connectivity index (χ0n) is 23.3. The van der Waals surface area contributed by atoms with Crippen LogP contribution in [0.1, 0.15) is 86.4 Å². The molecule has 2 heterocycles. The van der Waals surface area contributed by atoms with Gasteiger partial charge in [0, 0.05) is 36.4 Å². The fourth-order valence-corrected chi connectivity index (χ4v) is 5.15. The van der Waals surface area contributed by atoms with Crippen LogP contribution in [0, 0.1) is 0 Å². The number of rotatable bonds is 14. The summed E-state index contributed by atoms with van der Waals surface area (Å²) < 4.78 is 2.21. The van der Waals surface area contributed by atoms with E-state index in [1.165, 1.54) is 25.9 Å². The van der Waals surface area contributed by atoms with Gasteiger partial charge in [-0.1, -0.05) is 26.7 Å². The van der Waals surface area contributed by atoms with Crippen LogP contribution in [0.4, 0.5) is 11.6 Å². The standard InChI is InChI=1S/C31H43N5O2/c1-4-6-20-35(21-7-5-2)30(38)26-13-16-28-29(23-26)36(22-10-19-34-17-8-9-18-34)31(33-28)32-27-14-11-25(12-15-27)24(3)37/h11-16,23H,4-10,17-22H2,1-3H3,(H,32,33). The predicted octanol–water partition coefficient (Wildman–Crippen LogP) is 6.51. The normalized spacial score (nSPS) is 13.8. The molecule has 0 atom stereocenters. The number of amides is 1. The lowest BCUT2D eigenvalue weighted by molar-refractivity contribution is 0.0751. The van der Waals surface area contributed by atoms with Gasteiger partial charge in [-0.15, -0.1) is 0 Å². The smallest absolute Gasteiger partial charge is 0.253 e. The Labute approximate surface area is 227 Å². The number of hydrogen-bond acceptors (Lipinski definition) is 5. The Hall–Kier alpha value is -3.19. The van der Waals surface area contributed by atoms with Gasteiger partial charge in [-0.3, -0.25) is 9.59 Å². The summed E-state index contributed by atoms with van der Waals surface area (Å²) in [6.07, 6.45) is 7.76. The summed E-state index contributed by atoms with van der Waals surface area (Å²) in [4.78, 5) is 34.7. The van der Waals surface area contributed by atoms with E-state index in [0.717, 1.165) is 86.5 Å². The molecular formula is C31H43N5O2. The Balaban J connectivity index is 1.62. The molecule has 0 bridgehead atoms. The van der Waals surface area contributed by atoms with E-state index in [2.05, 4.69) is 28.6 Å². The van der Waals surface area contributed by atoms with Crippen molar-refractivity contribution in [3.8, 4) is 0 Å². The van der Waals surface area contributed by atoms with Crippen molar-refractivity contribution in [1.82, 2.24) is 19.4 Å². The van der Waals surface area contributed by atoms with Crippen LogP contribution < -0.4 is 5.32 Å². The minimum absolute atomic E-state index is 0.0508. The number of aryl methyl sites for hydroxylation is 1. The highest BCUT2D eigenvalue weighted by Gasteiger charge is 2.19. The Morgan fingerprint density at radius 1 is 0.895 bits per heavy atom. The lowest BCUT2D eigenvalue weighted by Gasteiger charge is -2.22. The molecular weight excluding hydrogens is 474 g/mol. The van der Waals surface area contributed by atoms with Gasteiger partial charge in [0.2, 0.25) is 5.95 Å². The van der Waals surface area contributed by atoms with E-state index in [1.807, 2.05) is 47.4 Å². The second-order valence-electron chi connectivity index (χ2n) is 10.5. The molecule has 2 aromatic carbocycles. The Kier molecular flexibility index (Phi) is 9.93. The van der Waals surface area contributed by atoms with Crippen LogP contribution in [0.2, 0.25) is 0 Å². The molecule has 1 fully saturated rings. The summed E-state index contributed by atoms with van der Waals surface area (Å²) in [6, 6.07) is 13.4. The number of fused-ring (bicyclic) bond motifs is 1. The van der Waals surface area contributed by atoms with E-state index >= 15 is 0 Å². The maximum Gasteiger partial charge on any atom is 0.253 e. The van der Waals surface area contributed by atoms with E-state index in [9.17, 15) is 9.59 Å². The highest BCUT2D eigenvalue weighted by Crippen LogP contribution is 2.26. The van der Waals surface area contributed by atoms with E-state index in [0.29, 0.717) is 5.56 Å². The van der Waals surface area contributed by atoms with Gasteiger partial charge in [-0.25, -0.2) is 4.98 Å². The third kappa shape index (κ3) is 7.01. The lowest BCUT2D eigenvalue weighted by Crippen LogP contribution is -2.33. The zero-order valence-corrected chi connectivity index (χ0v) is 23.3. The summed E-state index contributed by atoms with van der Waals surface area (Å²) in [6.45, 7) is 11.7. The number of Topliss-reactive ketones (excluding diaryl/α,β-unsaturated/α-hetero) is 1. The van der Waals surface area contributed by atoms with E-state index in [4.69, 9.17) is 4.98 Å². The predicted molar refractivity (Wildman–Crippen MR) is 155 cm³/mol. The first-order valence-electron chi connectivity index (χ1n) is 14.4. The van der Waals surface area contributed by atoms with Crippen LogP contribution >= 0.6 is 0 Å². The monoisotopic (exact) mass is 517 g/mol. The number of ketones is 1. The molecule has 204 valence electrons. The third-order valence-corrected chi connectivity index (χ3v) is 7.45. The zero-order chi connectivity index (χ0) is 26.9. The average molecular weight is 518 g/mol. The number of anilines is 2. The van der Waals surface area contributed by atoms with Gasteiger partial charge in [0.15, 0.2) is 5.78 Å². The van der Waals surface area contributed by atoms with Gasteiger partial charge in [0.05, 0.1) is 11.0 Å². The summed E-state index contributed by atoms with van der Waals surface area (Å²) >= 11 is 0. The number of likely N-dealkylation sites (tertiary alicyclic amines) is 1. The number of aromatic nitrogens is 2. The number of carbonyl (C=O) groups is 2. The molecule has 38 heavy (non-hydrogen) atoms. The maximum atomic E-state index is 13.5. The second kappa shape index (κ2) is 13.6. The number of nitrogens with one attached hydrogen (secondary N) is 1. The first-order valence-corrected chi connectivity index (χ1v) is 14.4. The van der Waals surface area contributed by atoms with E-state index in [-0.39, 0.29) is 11.7 Å². The van der Waals surface area contributed by atoms with Crippen molar-refractivity contribution in [2.75, 3.05) is 38.0 Å². The van der Waals surface area contributed by atoms with Crippen LogP contribution in [-0.2, 0) is 6.54 Å². The maximum absolute atomic E-state index is 13.5. The molecule has 1 saturated heterocycles. The van der Waals surface area contributed by atoms with Crippen LogP contribution in [-0.4, -0.2) is 63.8 Å². The molecule has 0 spiro atoms. The van der Waals surface area contributed by atoms with Crippen molar-refractivity contribution in [1.29, 1.82) is 0 Å². The van der Waals surface area contributed by atoms with Crippen LogP contribution in [0.3, 0.4) is 0 Å². The molecule has 1 aliphatic rings. The average Bonchev–Trinajstić information content (AvgIpc) is 3.56. The number of unbranched alkanes of at least 4 members (excludes halogenated alkanes) is 2. The van der Waals surface area contributed by atoms with Gasteiger partial charge < -0.3 is 19.7 Å². The van der Waals surface area contributed by atoms with Gasteiger partial charge in [0.25, 0.3) is 5.91 Å². The summed E-state index contributed by atoms with van der Waals surface area (Å²) in [5, 5.41) is 3.47. The molecule has 0 saturated carbocycles. The number of benzene rings is 2. The Morgan fingerprint density at radius 3 is 2.18 bits per heavy atom. The molecule has 7 heteroatoms. The highest BCUT2D eigenvalue weighted by atomic mass is 16.2. The summed E-state index contributed by atoms with van der Waals surface area (Å²) in [5.41, 5.74) is 4.15. The molecule has 1 N–H and O–H groups in total. The first-order chi connectivity index (χ1) is 18.5. The first kappa shape index (κ1) is 27.8. The molecule has 3 aromatic rings. The van der Waals surface area contributed by atoms with Crippen molar-refractivity contribution in [3.05, 3.63) is 53.6 Å². The summed E-state index contributed by atoms with van der Waals surface area (Å²) in [7, 11) is 0. The van der Waals surface area contributed by atoms with Gasteiger partial charge in [-0.05, 0) is 101 Å². The van der Waals surface area contributed by atoms with Crippen LogP contribution in [0.5, 0.6) is 0 Å². The Bertz CT molecular complexity index is 1200. The molecule has 1 aromatic heterocycles. The van der Waals surface area contributed by atoms with Crippen molar-refractivity contribution in [2.24, 2.45) is 0 Å². The number of carbonyl (C=O) groups excluding carboxylic acids is 2.